The second kappa shape index (κ2) is 8.93. The molecule has 0 atom stereocenters. The first-order chi connectivity index (χ1) is 11.6. The molecule has 1 heterocycles. The van der Waals surface area contributed by atoms with Crippen LogP contribution in [-0.4, -0.2) is 32.7 Å². The lowest BCUT2D eigenvalue weighted by molar-refractivity contribution is -0.147. The van der Waals surface area contributed by atoms with Gasteiger partial charge in [-0.3, -0.25) is 9.59 Å². The van der Waals surface area contributed by atoms with Crippen molar-refractivity contribution in [3.05, 3.63) is 40.6 Å². The number of amides is 1. The zero-order valence-electron chi connectivity index (χ0n) is 13.5. The maximum atomic E-state index is 11.9. The number of rotatable bonds is 8. The van der Waals surface area contributed by atoms with E-state index in [1.807, 2.05) is 17.5 Å². The quantitative estimate of drug-likeness (QED) is 0.742. The van der Waals surface area contributed by atoms with Gasteiger partial charge in [-0.1, -0.05) is 6.07 Å². The van der Waals surface area contributed by atoms with Gasteiger partial charge in [0.15, 0.2) is 6.61 Å². The molecule has 1 aromatic carbocycles. The van der Waals surface area contributed by atoms with Crippen LogP contribution in [0.5, 0.6) is 11.5 Å². The van der Waals surface area contributed by atoms with Gasteiger partial charge in [-0.25, -0.2) is 0 Å². The van der Waals surface area contributed by atoms with Crippen LogP contribution in [-0.2, 0) is 20.7 Å². The predicted molar refractivity (Wildman–Crippen MR) is 91.8 cm³/mol. The monoisotopic (exact) mass is 349 g/mol. The molecular weight excluding hydrogens is 330 g/mol. The van der Waals surface area contributed by atoms with Gasteiger partial charge >= 0.3 is 5.97 Å². The molecule has 0 aliphatic rings. The molecule has 0 bridgehead atoms. The van der Waals surface area contributed by atoms with Gasteiger partial charge in [0, 0.05) is 10.9 Å². The van der Waals surface area contributed by atoms with E-state index in [9.17, 15) is 9.59 Å². The summed E-state index contributed by atoms with van der Waals surface area (Å²) < 4.78 is 15.3. The van der Waals surface area contributed by atoms with Crippen molar-refractivity contribution in [1.29, 1.82) is 0 Å². The molecule has 0 saturated carbocycles. The maximum Gasteiger partial charge on any atom is 0.306 e. The molecule has 1 N–H and O–H groups in total. The Morgan fingerprint density at radius 2 is 2.00 bits per heavy atom. The van der Waals surface area contributed by atoms with Gasteiger partial charge in [0.1, 0.15) is 11.5 Å². The van der Waals surface area contributed by atoms with Gasteiger partial charge in [-0.05, 0) is 30.0 Å². The number of benzene rings is 1. The third-order valence-electron chi connectivity index (χ3n) is 3.20. The molecule has 2 aromatic rings. The van der Waals surface area contributed by atoms with Crippen LogP contribution in [0.3, 0.4) is 0 Å². The molecular formula is C17H19NO5S. The van der Waals surface area contributed by atoms with Crippen LogP contribution in [0.15, 0.2) is 35.7 Å². The average Bonchev–Trinajstić information content (AvgIpc) is 3.11. The van der Waals surface area contributed by atoms with Gasteiger partial charge in [0.2, 0.25) is 0 Å². The molecule has 0 unspecified atom stereocenters. The molecule has 0 spiro atoms. The number of nitrogens with one attached hydrogen (secondary N) is 1. The van der Waals surface area contributed by atoms with Crippen LogP contribution in [0.1, 0.15) is 11.3 Å². The topological polar surface area (TPSA) is 73.9 Å². The number of esters is 1. The molecule has 2 rings (SSSR count). The first-order valence-corrected chi connectivity index (χ1v) is 8.20. The number of ether oxygens (including phenoxy) is 3. The molecule has 7 heteroatoms. The second-order valence-corrected chi connectivity index (χ2v) is 5.89. The van der Waals surface area contributed by atoms with Crippen molar-refractivity contribution in [2.75, 3.05) is 26.1 Å². The van der Waals surface area contributed by atoms with E-state index in [4.69, 9.17) is 14.2 Å². The minimum absolute atomic E-state index is 0.246. The second-order valence-electron chi connectivity index (χ2n) is 4.85. The van der Waals surface area contributed by atoms with Crippen molar-refractivity contribution in [3.8, 4) is 11.5 Å². The Morgan fingerprint density at radius 1 is 1.17 bits per heavy atom. The number of aryl methyl sites for hydroxylation is 1. The molecule has 0 saturated heterocycles. The van der Waals surface area contributed by atoms with Crippen LogP contribution in [0.2, 0.25) is 0 Å². The summed E-state index contributed by atoms with van der Waals surface area (Å²) in [7, 11) is 3.03. The highest BCUT2D eigenvalue weighted by Crippen LogP contribution is 2.28. The van der Waals surface area contributed by atoms with Gasteiger partial charge in [0.05, 0.1) is 26.3 Å². The Morgan fingerprint density at radius 3 is 2.67 bits per heavy atom. The van der Waals surface area contributed by atoms with Crippen molar-refractivity contribution in [2.45, 2.75) is 12.8 Å². The van der Waals surface area contributed by atoms with Crippen molar-refractivity contribution < 1.29 is 23.8 Å². The van der Waals surface area contributed by atoms with E-state index in [2.05, 4.69) is 5.32 Å². The lowest BCUT2D eigenvalue weighted by atomic mass is 10.2. The van der Waals surface area contributed by atoms with Crippen molar-refractivity contribution in [2.24, 2.45) is 0 Å². The summed E-state index contributed by atoms with van der Waals surface area (Å²) in [6.07, 6.45) is 0.859. The molecule has 1 amide bonds. The number of carbonyl (C=O) groups is 2. The molecule has 128 valence electrons. The van der Waals surface area contributed by atoms with E-state index in [1.165, 1.54) is 14.2 Å². The third-order valence-corrected chi connectivity index (χ3v) is 4.14. The zero-order chi connectivity index (χ0) is 17.4. The molecule has 0 aliphatic heterocycles. The lowest BCUT2D eigenvalue weighted by Crippen LogP contribution is -2.21. The molecule has 24 heavy (non-hydrogen) atoms. The average molecular weight is 349 g/mol. The first-order valence-electron chi connectivity index (χ1n) is 7.32. The summed E-state index contributed by atoms with van der Waals surface area (Å²) in [6.45, 7) is -0.344. The highest BCUT2D eigenvalue weighted by Gasteiger charge is 2.12. The number of hydrogen-bond acceptors (Lipinski definition) is 6. The van der Waals surface area contributed by atoms with Gasteiger partial charge < -0.3 is 19.5 Å². The summed E-state index contributed by atoms with van der Waals surface area (Å²) in [5.41, 5.74) is 0.455. The van der Waals surface area contributed by atoms with Crippen LogP contribution in [0.4, 0.5) is 5.69 Å². The van der Waals surface area contributed by atoms with E-state index in [1.54, 1.807) is 29.5 Å². The van der Waals surface area contributed by atoms with Crippen LogP contribution in [0, 0.1) is 0 Å². The number of methoxy groups -OCH3 is 2. The number of thiophene rings is 1. The Balaban J connectivity index is 1.81. The number of anilines is 1. The van der Waals surface area contributed by atoms with Gasteiger partial charge in [-0.2, -0.15) is 0 Å². The van der Waals surface area contributed by atoms with E-state index in [-0.39, 0.29) is 13.0 Å². The Hall–Kier alpha value is -2.54. The van der Waals surface area contributed by atoms with Gasteiger partial charge in [-0.15, -0.1) is 11.3 Å². The minimum atomic E-state index is -0.439. The standard InChI is InChI=1S/C17H19NO5S/c1-21-12-5-7-15(22-2)14(10-12)18-16(19)11-23-17(20)8-6-13-4-3-9-24-13/h3-5,7,9-10H,6,8,11H2,1-2H3,(H,18,19). The zero-order valence-corrected chi connectivity index (χ0v) is 14.4. The Labute approximate surface area is 144 Å². The Kier molecular flexibility index (Phi) is 6.62. The fraction of sp³-hybridized carbons (Fsp3) is 0.294. The molecule has 0 radical (unpaired) electrons. The molecule has 1 aromatic heterocycles. The van der Waals surface area contributed by atoms with Crippen LogP contribution in [0.25, 0.3) is 0 Å². The summed E-state index contributed by atoms with van der Waals surface area (Å²) in [6, 6.07) is 8.93. The lowest BCUT2D eigenvalue weighted by Gasteiger charge is -2.12. The maximum absolute atomic E-state index is 11.9. The van der Waals surface area contributed by atoms with E-state index < -0.39 is 11.9 Å². The summed E-state index contributed by atoms with van der Waals surface area (Å²) in [5.74, 6) is 0.231. The fourth-order valence-corrected chi connectivity index (χ4v) is 2.71. The summed E-state index contributed by atoms with van der Waals surface area (Å²) >= 11 is 1.59. The van der Waals surface area contributed by atoms with E-state index in [0.717, 1.165) is 4.88 Å². The highest BCUT2D eigenvalue weighted by molar-refractivity contribution is 7.09. The molecule has 0 fully saturated rings. The number of carbonyl (C=O) groups excluding carboxylic acids is 2. The minimum Gasteiger partial charge on any atom is -0.497 e. The van der Waals surface area contributed by atoms with Crippen molar-refractivity contribution in [1.82, 2.24) is 0 Å². The van der Waals surface area contributed by atoms with Gasteiger partial charge in [0.25, 0.3) is 5.91 Å². The predicted octanol–water partition coefficient (Wildman–Crippen LogP) is 2.88. The Bertz CT molecular complexity index is 684. The summed E-state index contributed by atoms with van der Waals surface area (Å²) in [5, 5.41) is 4.60. The highest BCUT2D eigenvalue weighted by atomic mass is 32.1. The molecule has 6 nitrogen and oxygen atoms in total. The third kappa shape index (κ3) is 5.27. The fourth-order valence-electron chi connectivity index (χ4n) is 2.00. The SMILES string of the molecule is COc1ccc(OC)c(NC(=O)COC(=O)CCc2cccs2)c1. The molecule has 0 aliphatic carbocycles. The van der Waals surface area contributed by atoms with E-state index >= 15 is 0 Å². The van der Waals surface area contributed by atoms with Crippen molar-refractivity contribution >= 4 is 28.9 Å². The van der Waals surface area contributed by atoms with Crippen LogP contribution < -0.4 is 14.8 Å². The number of hydrogen-bond donors (Lipinski definition) is 1. The van der Waals surface area contributed by atoms with Crippen molar-refractivity contribution in [3.63, 3.8) is 0 Å². The smallest absolute Gasteiger partial charge is 0.306 e. The normalized spacial score (nSPS) is 10.1. The first kappa shape index (κ1) is 17.8. The largest absolute Gasteiger partial charge is 0.497 e. The van der Waals surface area contributed by atoms with E-state index in [0.29, 0.717) is 23.6 Å². The summed E-state index contributed by atoms with van der Waals surface area (Å²) in [4.78, 5) is 24.7. The van der Waals surface area contributed by atoms with Crippen LogP contribution >= 0.6 is 11.3 Å².